The van der Waals surface area contributed by atoms with E-state index in [4.69, 9.17) is 4.74 Å². The zero-order valence-corrected chi connectivity index (χ0v) is 13.2. The van der Waals surface area contributed by atoms with Crippen molar-refractivity contribution in [2.75, 3.05) is 32.1 Å². The van der Waals surface area contributed by atoms with Gasteiger partial charge < -0.3 is 15.0 Å². The second-order valence-corrected chi connectivity index (χ2v) is 5.73. The van der Waals surface area contributed by atoms with Crippen molar-refractivity contribution >= 4 is 11.8 Å². The molecule has 1 aromatic heterocycles. The molecule has 5 nitrogen and oxygen atoms in total. The van der Waals surface area contributed by atoms with E-state index in [2.05, 4.69) is 22.1 Å². The summed E-state index contributed by atoms with van der Waals surface area (Å²) in [7, 11) is 1.38. The number of anilines is 1. The molecule has 2 rings (SSSR count). The molecule has 5 heteroatoms. The third kappa shape index (κ3) is 4.43. The number of aryl methyl sites for hydroxylation is 1. The Labute approximate surface area is 126 Å². The number of likely N-dealkylation sites (tertiary alicyclic amines) is 1. The Morgan fingerprint density at radius 3 is 2.71 bits per heavy atom. The lowest BCUT2D eigenvalue weighted by molar-refractivity contribution is 0.0599. The summed E-state index contributed by atoms with van der Waals surface area (Å²) in [4.78, 5) is 18.5. The van der Waals surface area contributed by atoms with E-state index in [9.17, 15) is 4.79 Å². The number of esters is 1. The SMILES string of the molecule is COC(=O)c1ccc(NC(C)CN2CCCCC2)nc1C. The van der Waals surface area contributed by atoms with Gasteiger partial charge in [-0.25, -0.2) is 9.78 Å². The highest BCUT2D eigenvalue weighted by Crippen LogP contribution is 2.14. The van der Waals surface area contributed by atoms with Crippen molar-refractivity contribution in [3.8, 4) is 0 Å². The van der Waals surface area contributed by atoms with Gasteiger partial charge in [0.05, 0.1) is 18.4 Å². The molecule has 0 saturated carbocycles. The first-order valence-electron chi connectivity index (χ1n) is 7.65. The van der Waals surface area contributed by atoms with Crippen molar-refractivity contribution in [2.24, 2.45) is 0 Å². The van der Waals surface area contributed by atoms with Gasteiger partial charge in [0.1, 0.15) is 5.82 Å². The predicted octanol–water partition coefficient (Wildman–Crippen LogP) is 2.46. The monoisotopic (exact) mass is 291 g/mol. The van der Waals surface area contributed by atoms with E-state index in [0.717, 1.165) is 12.4 Å². The van der Waals surface area contributed by atoms with Crippen molar-refractivity contribution in [3.05, 3.63) is 23.4 Å². The van der Waals surface area contributed by atoms with Crippen LogP contribution in [0.25, 0.3) is 0 Å². The average molecular weight is 291 g/mol. The summed E-state index contributed by atoms with van der Waals surface area (Å²) in [6, 6.07) is 3.94. The fraction of sp³-hybridized carbons (Fsp3) is 0.625. The van der Waals surface area contributed by atoms with E-state index in [0.29, 0.717) is 17.3 Å². The lowest BCUT2D eigenvalue weighted by atomic mass is 10.1. The Morgan fingerprint density at radius 1 is 1.38 bits per heavy atom. The average Bonchev–Trinajstić information content (AvgIpc) is 2.47. The van der Waals surface area contributed by atoms with Gasteiger partial charge in [-0.2, -0.15) is 0 Å². The largest absolute Gasteiger partial charge is 0.465 e. The second-order valence-electron chi connectivity index (χ2n) is 5.73. The van der Waals surface area contributed by atoms with Gasteiger partial charge in [0, 0.05) is 12.6 Å². The Bertz CT molecular complexity index is 484. The Balaban J connectivity index is 1.92. The van der Waals surface area contributed by atoms with E-state index in [-0.39, 0.29) is 5.97 Å². The molecule has 2 heterocycles. The molecule has 1 aromatic rings. The molecule has 0 aromatic carbocycles. The fourth-order valence-corrected chi connectivity index (χ4v) is 2.79. The molecule has 0 spiro atoms. The first kappa shape index (κ1) is 15.8. The first-order valence-corrected chi connectivity index (χ1v) is 7.65. The van der Waals surface area contributed by atoms with Gasteiger partial charge in [-0.05, 0) is 51.9 Å². The number of carbonyl (C=O) groups excluding carboxylic acids is 1. The maximum absolute atomic E-state index is 11.5. The standard InChI is InChI=1S/C16H25N3O2/c1-12(11-19-9-5-4-6-10-19)17-15-8-7-14(13(2)18-15)16(20)21-3/h7-8,12H,4-6,9-11H2,1-3H3,(H,17,18). The molecule has 0 radical (unpaired) electrons. The Morgan fingerprint density at radius 2 is 2.10 bits per heavy atom. The van der Waals surface area contributed by atoms with Gasteiger partial charge in [0.2, 0.25) is 0 Å². The molecule has 0 amide bonds. The molecule has 1 atom stereocenters. The van der Waals surface area contributed by atoms with Gasteiger partial charge in [0.15, 0.2) is 0 Å². The van der Waals surface area contributed by atoms with Gasteiger partial charge in [0.25, 0.3) is 0 Å². The van der Waals surface area contributed by atoms with Gasteiger partial charge in [-0.15, -0.1) is 0 Å². The summed E-state index contributed by atoms with van der Waals surface area (Å²) in [5.74, 6) is 0.470. The Hall–Kier alpha value is -1.62. The van der Waals surface area contributed by atoms with Crippen LogP contribution in [0.5, 0.6) is 0 Å². The van der Waals surface area contributed by atoms with Crippen LogP contribution in [-0.2, 0) is 4.74 Å². The zero-order valence-electron chi connectivity index (χ0n) is 13.2. The molecule has 0 bridgehead atoms. The van der Waals surface area contributed by atoms with Crippen LogP contribution >= 0.6 is 0 Å². The highest BCUT2D eigenvalue weighted by Gasteiger charge is 2.15. The van der Waals surface area contributed by atoms with Crippen molar-refractivity contribution in [1.29, 1.82) is 0 Å². The molecule has 1 unspecified atom stereocenters. The molecule has 116 valence electrons. The van der Waals surface area contributed by atoms with Crippen molar-refractivity contribution in [2.45, 2.75) is 39.2 Å². The van der Waals surface area contributed by atoms with Crippen LogP contribution < -0.4 is 5.32 Å². The summed E-state index contributed by atoms with van der Waals surface area (Å²) in [5, 5.41) is 3.41. The van der Waals surface area contributed by atoms with E-state index in [1.165, 1.54) is 39.5 Å². The summed E-state index contributed by atoms with van der Waals surface area (Å²) in [5.41, 5.74) is 1.21. The smallest absolute Gasteiger partial charge is 0.339 e. The summed E-state index contributed by atoms with van der Waals surface area (Å²) >= 11 is 0. The number of rotatable bonds is 5. The lowest BCUT2D eigenvalue weighted by Crippen LogP contribution is -2.38. The third-order valence-electron chi connectivity index (χ3n) is 3.87. The third-order valence-corrected chi connectivity index (χ3v) is 3.87. The summed E-state index contributed by atoms with van der Waals surface area (Å²) in [6.07, 6.45) is 3.96. The minimum absolute atomic E-state index is 0.332. The quantitative estimate of drug-likeness (QED) is 0.845. The molecule has 1 fully saturated rings. The fourth-order valence-electron chi connectivity index (χ4n) is 2.79. The number of pyridine rings is 1. The molecule has 1 aliphatic heterocycles. The Kier molecular flexibility index (Phi) is 5.56. The van der Waals surface area contributed by atoms with Crippen LogP contribution in [0.3, 0.4) is 0 Å². The van der Waals surface area contributed by atoms with Crippen molar-refractivity contribution in [1.82, 2.24) is 9.88 Å². The number of carbonyl (C=O) groups is 1. The van der Waals surface area contributed by atoms with E-state index >= 15 is 0 Å². The minimum atomic E-state index is -0.340. The molecule has 1 aliphatic rings. The molecule has 21 heavy (non-hydrogen) atoms. The van der Waals surface area contributed by atoms with E-state index in [1.54, 1.807) is 6.07 Å². The van der Waals surface area contributed by atoms with Crippen molar-refractivity contribution in [3.63, 3.8) is 0 Å². The highest BCUT2D eigenvalue weighted by molar-refractivity contribution is 5.90. The molecule has 0 aliphatic carbocycles. The highest BCUT2D eigenvalue weighted by atomic mass is 16.5. The topological polar surface area (TPSA) is 54.5 Å². The van der Waals surface area contributed by atoms with Gasteiger partial charge >= 0.3 is 5.97 Å². The maximum atomic E-state index is 11.5. The van der Waals surface area contributed by atoms with Crippen LogP contribution in [0.1, 0.15) is 42.2 Å². The predicted molar refractivity (Wildman–Crippen MR) is 83.7 cm³/mol. The second kappa shape index (κ2) is 7.41. The minimum Gasteiger partial charge on any atom is -0.465 e. The normalized spacial score (nSPS) is 17.3. The van der Waals surface area contributed by atoms with Crippen molar-refractivity contribution < 1.29 is 9.53 Å². The van der Waals surface area contributed by atoms with E-state index in [1.807, 2.05) is 13.0 Å². The van der Waals surface area contributed by atoms with E-state index < -0.39 is 0 Å². The number of nitrogens with zero attached hydrogens (tertiary/aromatic N) is 2. The van der Waals surface area contributed by atoms with Crippen LogP contribution in [0.15, 0.2) is 12.1 Å². The number of methoxy groups -OCH3 is 1. The molecular formula is C16H25N3O2. The van der Waals surface area contributed by atoms with Crippen LogP contribution in [0, 0.1) is 6.92 Å². The lowest BCUT2D eigenvalue weighted by Gasteiger charge is -2.29. The molecular weight excluding hydrogens is 266 g/mol. The zero-order chi connectivity index (χ0) is 15.2. The van der Waals surface area contributed by atoms with Crippen LogP contribution in [0.4, 0.5) is 5.82 Å². The van der Waals surface area contributed by atoms with Crippen LogP contribution in [0.2, 0.25) is 0 Å². The number of nitrogens with one attached hydrogen (secondary N) is 1. The van der Waals surface area contributed by atoms with Gasteiger partial charge in [-0.3, -0.25) is 0 Å². The number of hydrogen-bond donors (Lipinski definition) is 1. The maximum Gasteiger partial charge on any atom is 0.339 e. The summed E-state index contributed by atoms with van der Waals surface area (Å²) in [6.45, 7) is 7.41. The van der Waals surface area contributed by atoms with Gasteiger partial charge in [-0.1, -0.05) is 6.42 Å². The first-order chi connectivity index (χ1) is 10.1. The molecule has 1 N–H and O–H groups in total. The molecule has 1 saturated heterocycles. The summed E-state index contributed by atoms with van der Waals surface area (Å²) < 4.78 is 4.73. The number of hydrogen-bond acceptors (Lipinski definition) is 5. The number of aromatic nitrogens is 1. The number of ether oxygens (including phenoxy) is 1. The number of piperidine rings is 1. The van der Waals surface area contributed by atoms with Crippen LogP contribution in [-0.4, -0.2) is 48.6 Å².